The number of hydrogen-bond acceptors (Lipinski definition) is 6. The van der Waals surface area contributed by atoms with Crippen LogP contribution in [0.3, 0.4) is 0 Å². The molecule has 0 aliphatic heterocycles. The van der Waals surface area contributed by atoms with Crippen LogP contribution in [0.5, 0.6) is 0 Å². The number of nitrogens with zero attached hydrogens (tertiary/aromatic N) is 4. The number of amides is 1. The molecule has 4 rings (SSSR count). The molecule has 0 fully saturated rings. The fraction of sp³-hybridized carbons (Fsp3) is 0.292. The monoisotopic (exact) mass is 497 g/mol. The second kappa shape index (κ2) is 9.36. The summed E-state index contributed by atoms with van der Waals surface area (Å²) in [5.74, 6) is 0.372. The maximum Gasteiger partial charge on any atom is 0.242 e. The Morgan fingerprint density at radius 2 is 1.74 bits per heavy atom. The zero-order valence-corrected chi connectivity index (χ0v) is 21.4. The Bertz CT molecular complexity index is 1490. The van der Waals surface area contributed by atoms with Crippen LogP contribution in [-0.4, -0.2) is 53.1 Å². The zero-order valence-electron chi connectivity index (χ0n) is 19.8. The standard InChI is InChI=1S/C24H27N5O3S2/c1-15-12-17(3)23-20(13-15)16(2)14-21-26-27-24(29(21)23)33-11-10-22(30)25-18-6-8-19(9-7-18)34(31,32)28(4)5/h6-9,12-14H,10-11H2,1-5H3,(H,25,30). The van der Waals surface area contributed by atoms with Gasteiger partial charge in [0.1, 0.15) is 0 Å². The van der Waals surface area contributed by atoms with Crippen LogP contribution in [-0.2, 0) is 14.8 Å². The zero-order chi connectivity index (χ0) is 24.6. The Morgan fingerprint density at radius 3 is 2.41 bits per heavy atom. The number of pyridine rings is 1. The highest BCUT2D eigenvalue weighted by atomic mass is 32.2. The minimum Gasteiger partial charge on any atom is -0.326 e. The van der Waals surface area contributed by atoms with Crippen LogP contribution >= 0.6 is 11.8 Å². The minimum atomic E-state index is -3.50. The van der Waals surface area contributed by atoms with E-state index in [9.17, 15) is 13.2 Å². The lowest BCUT2D eigenvalue weighted by atomic mass is 10.0. The molecule has 8 nitrogen and oxygen atoms in total. The van der Waals surface area contributed by atoms with Crippen molar-refractivity contribution in [1.29, 1.82) is 0 Å². The third kappa shape index (κ3) is 4.66. The van der Waals surface area contributed by atoms with E-state index in [1.165, 1.54) is 48.9 Å². The Kier molecular flexibility index (Phi) is 6.66. The molecule has 0 radical (unpaired) electrons. The van der Waals surface area contributed by atoms with Crippen LogP contribution in [0, 0.1) is 20.8 Å². The van der Waals surface area contributed by atoms with Gasteiger partial charge in [-0.25, -0.2) is 12.7 Å². The molecule has 0 aliphatic carbocycles. The van der Waals surface area contributed by atoms with Crippen molar-refractivity contribution in [3.05, 3.63) is 59.2 Å². The third-order valence-electron chi connectivity index (χ3n) is 5.57. The first-order valence-electron chi connectivity index (χ1n) is 10.8. The third-order valence-corrected chi connectivity index (χ3v) is 8.33. The number of fused-ring (bicyclic) bond motifs is 3. The van der Waals surface area contributed by atoms with Gasteiger partial charge in [0.25, 0.3) is 0 Å². The first-order chi connectivity index (χ1) is 16.1. The number of carbonyl (C=O) groups excluding carboxylic acids is 1. The van der Waals surface area contributed by atoms with Crippen LogP contribution in [0.25, 0.3) is 16.6 Å². The molecule has 0 spiro atoms. The van der Waals surface area contributed by atoms with Crippen molar-refractivity contribution in [2.24, 2.45) is 0 Å². The van der Waals surface area contributed by atoms with Crippen LogP contribution < -0.4 is 5.32 Å². The summed E-state index contributed by atoms with van der Waals surface area (Å²) in [4.78, 5) is 12.6. The second-order valence-corrected chi connectivity index (χ2v) is 11.7. The first-order valence-corrected chi connectivity index (χ1v) is 13.2. The molecule has 0 bridgehead atoms. The molecule has 2 aromatic carbocycles. The number of nitrogens with one attached hydrogen (secondary N) is 1. The predicted octanol–water partition coefficient (Wildman–Crippen LogP) is 4.18. The van der Waals surface area contributed by atoms with Gasteiger partial charge < -0.3 is 5.32 Å². The van der Waals surface area contributed by atoms with Crippen molar-refractivity contribution in [3.63, 3.8) is 0 Å². The normalized spacial score (nSPS) is 12.1. The van der Waals surface area contributed by atoms with Crippen LogP contribution in [0.1, 0.15) is 23.1 Å². The molecule has 0 atom stereocenters. The fourth-order valence-corrected chi connectivity index (χ4v) is 5.67. The molecule has 0 unspecified atom stereocenters. The van der Waals surface area contributed by atoms with E-state index in [-0.39, 0.29) is 17.2 Å². The van der Waals surface area contributed by atoms with E-state index in [1.807, 2.05) is 6.07 Å². The van der Waals surface area contributed by atoms with Gasteiger partial charge in [-0.15, -0.1) is 10.2 Å². The summed E-state index contributed by atoms with van der Waals surface area (Å²) in [6.45, 7) is 6.26. The summed E-state index contributed by atoms with van der Waals surface area (Å²) >= 11 is 1.48. The molecule has 1 N–H and O–H groups in total. The highest BCUT2D eigenvalue weighted by molar-refractivity contribution is 7.99. The number of aromatic nitrogens is 3. The van der Waals surface area contributed by atoms with Gasteiger partial charge in [-0.05, 0) is 68.3 Å². The fourth-order valence-electron chi connectivity index (χ4n) is 3.89. The van der Waals surface area contributed by atoms with E-state index in [2.05, 4.69) is 52.8 Å². The van der Waals surface area contributed by atoms with E-state index >= 15 is 0 Å². The maximum atomic E-state index is 12.4. The van der Waals surface area contributed by atoms with Crippen molar-refractivity contribution in [1.82, 2.24) is 18.9 Å². The molecule has 2 aromatic heterocycles. The summed E-state index contributed by atoms with van der Waals surface area (Å²) in [6, 6.07) is 12.5. The molecule has 0 aliphatic rings. The van der Waals surface area contributed by atoms with Crippen LogP contribution in [0.4, 0.5) is 5.69 Å². The number of benzene rings is 2. The van der Waals surface area contributed by atoms with Crippen molar-refractivity contribution < 1.29 is 13.2 Å². The van der Waals surface area contributed by atoms with Crippen molar-refractivity contribution in [2.45, 2.75) is 37.2 Å². The summed E-state index contributed by atoms with van der Waals surface area (Å²) in [5, 5.41) is 13.4. The van der Waals surface area contributed by atoms with Gasteiger partial charge in [0, 0.05) is 37.3 Å². The Morgan fingerprint density at radius 1 is 1.03 bits per heavy atom. The summed E-state index contributed by atoms with van der Waals surface area (Å²) in [7, 11) is -0.542. The van der Waals surface area contributed by atoms with Crippen molar-refractivity contribution in [2.75, 3.05) is 25.2 Å². The molecule has 34 heavy (non-hydrogen) atoms. The van der Waals surface area contributed by atoms with E-state index < -0.39 is 10.0 Å². The minimum absolute atomic E-state index is 0.156. The number of anilines is 1. The quantitative estimate of drug-likeness (QED) is 0.385. The van der Waals surface area contributed by atoms with E-state index in [4.69, 9.17) is 0 Å². The Hall–Kier alpha value is -2.95. The number of thioether (sulfide) groups is 1. The van der Waals surface area contributed by atoms with Gasteiger partial charge in [-0.2, -0.15) is 0 Å². The second-order valence-electron chi connectivity index (χ2n) is 8.44. The molecule has 1 amide bonds. The number of hydrogen-bond donors (Lipinski definition) is 1. The first kappa shape index (κ1) is 24.2. The highest BCUT2D eigenvalue weighted by Crippen LogP contribution is 2.29. The predicted molar refractivity (Wildman–Crippen MR) is 136 cm³/mol. The van der Waals surface area contributed by atoms with Crippen molar-refractivity contribution >= 4 is 49.9 Å². The smallest absolute Gasteiger partial charge is 0.242 e. The highest BCUT2D eigenvalue weighted by Gasteiger charge is 2.17. The van der Waals surface area contributed by atoms with Gasteiger partial charge in [0.05, 0.1) is 10.4 Å². The number of sulfonamides is 1. The average Bonchev–Trinajstić information content (AvgIpc) is 3.16. The summed E-state index contributed by atoms with van der Waals surface area (Å²) in [6.07, 6.45) is 0.277. The van der Waals surface area contributed by atoms with Crippen LogP contribution in [0.15, 0.2) is 52.5 Å². The van der Waals surface area contributed by atoms with Gasteiger partial charge >= 0.3 is 0 Å². The number of carbonyl (C=O) groups is 1. The maximum absolute atomic E-state index is 12.4. The molecule has 178 valence electrons. The lowest BCUT2D eigenvalue weighted by Gasteiger charge is -2.12. The topological polar surface area (TPSA) is 96.7 Å². The molecular weight excluding hydrogens is 470 g/mol. The number of rotatable bonds is 7. The molecule has 2 heterocycles. The largest absolute Gasteiger partial charge is 0.326 e. The summed E-state index contributed by atoms with van der Waals surface area (Å²) < 4.78 is 27.6. The van der Waals surface area contributed by atoms with E-state index in [0.29, 0.717) is 11.4 Å². The van der Waals surface area contributed by atoms with Gasteiger partial charge in [0.2, 0.25) is 15.9 Å². The van der Waals surface area contributed by atoms with Gasteiger partial charge in [-0.1, -0.05) is 23.4 Å². The molecule has 0 saturated heterocycles. The molecule has 4 aromatic rings. The lowest BCUT2D eigenvalue weighted by Crippen LogP contribution is -2.22. The van der Waals surface area contributed by atoms with E-state index in [1.54, 1.807) is 12.1 Å². The Balaban J connectivity index is 1.45. The summed E-state index contributed by atoms with van der Waals surface area (Å²) in [5.41, 5.74) is 5.94. The average molecular weight is 498 g/mol. The SMILES string of the molecule is Cc1cc(C)c2c(c1)c(C)cc1nnc(SCCC(=O)Nc3ccc(S(=O)(=O)N(C)C)cc3)n12. The Labute approximate surface area is 203 Å². The number of aryl methyl sites for hydroxylation is 3. The molecular formula is C24H27N5O3S2. The van der Waals surface area contributed by atoms with Crippen LogP contribution in [0.2, 0.25) is 0 Å². The molecule has 10 heteroatoms. The van der Waals surface area contributed by atoms with E-state index in [0.717, 1.165) is 31.8 Å². The lowest BCUT2D eigenvalue weighted by molar-refractivity contribution is -0.115. The van der Waals surface area contributed by atoms with Gasteiger partial charge in [-0.3, -0.25) is 9.20 Å². The molecule has 0 saturated carbocycles. The van der Waals surface area contributed by atoms with Gasteiger partial charge in [0.15, 0.2) is 10.8 Å². The van der Waals surface area contributed by atoms with Crippen molar-refractivity contribution in [3.8, 4) is 0 Å².